The summed E-state index contributed by atoms with van der Waals surface area (Å²) in [7, 11) is -1.74. The number of rotatable bonds is 6. The molecule has 0 amide bonds. The number of hydrogen-bond donors (Lipinski definition) is 0. The fraction of sp³-hybridized carbons (Fsp3) is 0.824. The molecule has 0 bridgehead atoms. The lowest BCUT2D eigenvalue weighted by Gasteiger charge is -2.37. The third kappa shape index (κ3) is 5.52. The highest BCUT2D eigenvalue weighted by Crippen LogP contribution is 2.37. The summed E-state index contributed by atoms with van der Waals surface area (Å²) in [6.07, 6.45) is 4.28. The molecule has 128 valence electrons. The first-order chi connectivity index (χ1) is 10.1. The van der Waals surface area contributed by atoms with E-state index in [1.165, 1.54) is 6.08 Å². The van der Waals surface area contributed by atoms with Gasteiger partial charge in [-0.15, -0.1) is 0 Å². The van der Waals surface area contributed by atoms with Crippen LogP contribution in [0, 0.1) is 5.92 Å². The molecule has 5 heteroatoms. The summed E-state index contributed by atoms with van der Waals surface area (Å²) in [5.74, 6) is 0.126. The van der Waals surface area contributed by atoms with Gasteiger partial charge in [0, 0.05) is 6.08 Å². The maximum atomic E-state index is 11.3. The first-order valence-corrected chi connectivity index (χ1v) is 11.1. The van der Waals surface area contributed by atoms with Crippen LogP contribution < -0.4 is 0 Å². The van der Waals surface area contributed by atoms with Crippen LogP contribution >= 0.6 is 0 Å². The summed E-state index contributed by atoms with van der Waals surface area (Å²) in [6.45, 7) is 16.2. The van der Waals surface area contributed by atoms with Crippen LogP contribution in [0.4, 0.5) is 0 Å². The number of ether oxygens (including phenoxy) is 2. The molecule has 22 heavy (non-hydrogen) atoms. The van der Waals surface area contributed by atoms with E-state index >= 15 is 0 Å². The molecule has 0 aromatic heterocycles. The van der Waals surface area contributed by atoms with Crippen LogP contribution in [0.25, 0.3) is 0 Å². The molecule has 0 aromatic rings. The van der Waals surface area contributed by atoms with Crippen LogP contribution in [-0.4, -0.2) is 39.7 Å². The monoisotopic (exact) mass is 328 g/mol. The van der Waals surface area contributed by atoms with Gasteiger partial charge in [-0.2, -0.15) is 0 Å². The van der Waals surface area contributed by atoms with Crippen molar-refractivity contribution in [3.63, 3.8) is 0 Å². The third-order valence-electron chi connectivity index (χ3n) is 4.74. The maximum Gasteiger partial charge on any atom is 0.330 e. The van der Waals surface area contributed by atoms with Crippen molar-refractivity contribution < 1.29 is 18.7 Å². The quantitative estimate of drug-likeness (QED) is 0.421. The van der Waals surface area contributed by atoms with Gasteiger partial charge in [0.15, 0.2) is 8.32 Å². The van der Waals surface area contributed by atoms with Crippen LogP contribution in [0.5, 0.6) is 0 Å². The summed E-state index contributed by atoms with van der Waals surface area (Å²) < 4.78 is 17.2. The SMILES string of the molecule is CCOC(=O)/C=C/[C@@H]1C[C@@H](C)[C@H](CO[Si](C)(C)C(C)(C)C)O1. The molecule has 0 aliphatic carbocycles. The summed E-state index contributed by atoms with van der Waals surface area (Å²) in [6, 6.07) is 0. The van der Waals surface area contributed by atoms with Gasteiger partial charge in [-0.05, 0) is 43.5 Å². The number of hydrogen-bond acceptors (Lipinski definition) is 4. The van der Waals surface area contributed by atoms with Gasteiger partial charge in [0.25, 0.3) is 0 Å². The Morgan fingerprint density at radius 3 is 2.55 bits per heavy atom. The van der Waals surface area contributed by atoms with Crippen LogP contribution in [-0.2, 0) is 18.7 Å². The lowest BCUT2D eigenvalue weighted by atomic mass is 10.0. The third-order valence-corrected chi connectivity index (χ3v) is 9.24. The van der Waals surface area contributed by atoms with Gasteiger partial charge in [-0.25, -0.2) is 4.79 Å². The van der Waals surface area contributed by atoms with Gasteiger partial charge in [0.1, 0.15) is 0 Å². The zero-order valence-corrected chi connectivity index (χ0v) is 16.1. The Balaban J connectivity index is 2.49. The van der Waals surface area contributed by atoms with E-state index in [9.17, 15) is 4.79 Å². The van der Waals surface area contributed by atoms with Crippen molar-refractivity contribution in [2.75, 3.05) is 13.2 Å². The molecule has 1 saturated heterocycles. The maximum absolute atomic E-state index is 11.3. The van der Waals surface area contributed by atoms with Gasteiger partial charge in [0.2, 0.25) is 0 Å². The number of esters is 1. The van der Waals surface area contributed by atoms with Gasteiger partial charge >= 0.3 is 5.97 Å². The Bertz CT molecular complexity index is 398. The van der Waals surface area contributed by atoms with Crippen LogP contribution in [0.1, 0.15) is 41.0 Å². The fourth-order valence-electron chi connectivity index (χ4n) is 2.14. The second-order valence-corrected chi connectivity index (χ2v) is 12.4. The molecule has 0 aromatic carbocycles. The Morgan fingerprint density at radius 1 is 1.36 bits per heavy atom. The highest BCUT2D eigenvalue weighted by Gasteiger charge is 2.39. The van der Waals surface area contributed by atoms with Crippen molar-refractivity contribution >= 4 is 14.3 Å². The molecule has 0 saturated carbocycles. The van der Waals surface area contributed by atoms with Crippen LogP contribution in [0.3, 0.4) is 0 Å². The average molecular weight is 329 g/mol. The molecule has 1 heterocycles. The van der Waals surface area contributed by atoms with E-state index in [1.54, 1.807) is 13.0 Å². The van der Waals surface area contributed by atoms with E-state index in [0.29, 0.717) is 19.1 Å². The predicted octanol–water partition coefficient (Wildman–Crippen LogP) is 3.92. The molecule has 0 radical (unpaired) electrons. The molecule has 1 fully saturated rings. The molecule has 3 atom stereocenters. The van der Waals surface area contributed by atoms with E-state index in [-0.39, 0.29) is 23.2 Å². The summed E-state index contributed by atoms with van der Waals surface area (Å²) >= 11 is 0. The van der Waals surface area contributed by atoms with E-state index in [0.717, 1.165) is 6.42 Å². The molecule has 1 rings (SSSR count). The topological polar surface area (TPSA) is 44.8 Å². The molecule has 1 aliphatic rings. The van der Waals surface area contributed by atoms with Crippen molar-refractivity contribution in [1.82, 2.24) is 0 Å². The zero-order valence-electron chi connectivity index (χ0n) is 15.1. The molecule has 0 unspecified atom stereocenters. The van der Waals surface area contributed by atoms with Crippen molar-refractivity contribution in [2.24, 2.45) is 5.92 Å². The second kappa shape index (κ2) is 7.75. The predicted molar refractivity (Wildman–Crippen MR) is 91.4 cm³/mol. The minimum atomic E-state index is -1.74. The molecule has 4 nitrogen and oxygen atoms in total. The van der Waals surface area contributed by atoms with E-state index in [4.69, 9.17) is 13.9 Å². The Kier molecular flexibility index (Phi) is 6.83. The summed E-state index contributed by atoms with van der Waals surface area (Å²) in [5, 5.41) is 0.206. The average Bonchev–Trinajstić information content (AvgIpc) is 2.74. The number of carbonyl (C=O) groups is 1. The molecule has 0 N–H and O–H groups in total. The van der Waals surface area contributed by atoms with E-state index < -0.39 is 8.32 Å². The van der Waals surface area contributed by atoms with E-state index in [1.807, 2.05) is 0 Å². The molecule has 0 spiro atoms. The van der Waals surface area contributed by atoms with E-state index in [2.05, 4.69) is 40.8 Å². The normalized spacial score (nSPS) is 26.6. The largest absolute Gasteiger partial charge is 0.463 e. The van der Waals surface area contributed by atoms with Gasteiger partial charge in [-0.3, -0.25) is 0 Å². The zero-order chi connectivity index (χ0) is 17.0. The minimum absolute atomic E-state index is 0.0209. The van der Waals surface area contributed by atoms with Crippen molar-refractivity contribution in [1.29, 1.82) is 0 Å². The van der Waals surface area contributed by atoms with Crippen LogP contribution in [0.15, 0.2) is 12.2 Å². The molecule has 1 aliphatic heterocycles. The Labute approximate surface area is 136 Å². The molecular formula is C17H32O4Si. The fourth-order valence-corrected chi connectivity index (χ4v) is 3.16. The Morgan fingerprint density at radius 2 is 2.00 bits per heavy atom. The van der Waals surface area contributed by atoms with Crippen molar-refractivity contribution in [3.05, 3.63) is 12.2 Å². The summed E-state index contributed by atoms with van der Waals surface area (Å²) in [4.78, 5) is 11.3. The second-order valence-electron chi connectivity index (χ2n) is 7.61. The number of carbonyl (C=O) groups excluding carboxylic acids is 1. The highest BCUT2D eigenvalue weighted by molar-refractivity contribution is 6.74. The lowest BCUT2D eigenvalue weighted by Crippen LogP contribution is -2.43. The van der Waals surface area contributed by atoms with Crippen LogP contribution in [0.2, 0.25) is 18.1 Å². The molecular weight excluding hydrogens is 296 g/mol. The van der Waals surface area contributed by atoms with Crippen molar-refractivity contribution in [2.45, 2.75) is 71.4 Å². The van der Waals surface area contributed by atoms with Gasteiger partial charge in [-0.1, -0.05) is 27.7 Å². The smallest absolute Gasteiger partial charge is 0.330 e. The van der Waals surface area contributed by atoms with Crippen molar-refractivity contribution in [3.8, 4) is 0 Å². The first kappa shape index (κ1) is 19.4. The summed E-state index contributed by atoms with van der Waals surface area (Å²) in [5.41, 5.74) is 0. The minimum Gasteiger partial charge on any atom is -0.463 e. The highest BCUT2D eigenvalue weighted by atomic mass is 28.4. The first-order valence-electron chi connectivity index (χ1n) is 8.21. The lowest BCUT2D eigenvalue weighted by molar-refractivity contribution is -0.137. The Hall–Kier alpha value is -0.653. The van der Waals surface area contributed by atoms with Gasteiger partial charge < -0.3 is 13.9 Å². The standard InChI is InChI=1S/C17H32O4Si/c1-8-19-16(18)10-9-14-11-13(2)15(21-14)12-20-22(6,7)17(3,4)5/h9-10,13-15H,8,11-12H2,1-7H3/b10-9+/t13-,14-,15+/m1/s1. The van der Waals surface area contributed by atoms with Gasteiger partial charge in [0.05, 0.1) is 25.4 Å².